The first-order valence-electron chi connectivity index (χ1n) is 6.61. The lowest BCUT2D eigenvalue weighted by Crippen LogP contribution is -2.57. The molecule has 0 bridgehead atoms. The monoisotopic (exact) mass is 262 g/mol. The van der Waals surface area contributed by atoms with Crippen LogP contribution in [0.1, 0.15) is 45.0 Å². The van der Waals surface area contributed by atoms with Gasteiger partial charge in [0.2, 0.25) is 0 Å². The molecule has 1 aromatic rings. The van der Waals surface area contributed by atoms with Crippen molar-refractivity contribution in [2.75, 3.05) is 18.0 Å². The Morgan fingerprint density at radius 3 is 2.37 bits per heavy atom. The van der Waals surface area contributed by atoms with Crippen LogP contribution in [0.4, 0.5) is 5.82 Å². The summed E-state index contributed by atoms with van der Waals surface area (Å²) in [5, 5.41) is 0. The molecule has 0 aromatic carbocycles. The first-order chi connectivity index (χ1) is 8.70. The third-order valence-corrected chi connectivity index (χ3v) is 3.16. The summed E-state index contributed by atoms with van der Waals surface area (Å²) in [6.07, 6.45) is 1.73. The molecule has 2 rings (SSSR count). The molecule has 1 fully saturated rings. The second-order valence-corrected chi connectivity index (χ2v) is 6.41. The van der Waals surface area contributed by atoms with E-state index in [2.05, 4.69) is 37.6 Å². The average molecular weight is 262 g/mol. The maximum atomic E-state index is 11.7. The molecule has 0 unspecified atom stereocenters. The molecule has 2 heterocycles. The number of ketones is 1. The third kappa shape index (κ3) is 3.13. The number of carbonyl (C=O) groups excluding carboxylic acids is 1. The zero-order valence-corrected chi connectivity index (χ0v) is 12.4. The molecule has 104 valence electrons. The smallest absolute Gasteiger partial charge is 0.163 e. The van der Waals surface area contributed by atoms with Crippen molar-refractivity contribution in [2.24, 2.45) is 0 Å². The van der Waals surface area contributed by atoms with Gasteiger partial charge < -0.3 is 9.64 Å². The van der Waals surface area contributed by atoms with Gasteiger partial charge in [-0.15, -0.1) is 0 Å². The Hall–Kier alpha value is -1.42. The maximum Gasteiger partial charge on any atom is 0.163 e. The van der Waals surface area contributed by atoms with Crippen molar-refractivity contribution in [3.05, 3.63) is 23.9 Å². The van der Waals surface area contributed by atoms with Crippen molar-refractivity contribution < 1.29 is 9.53 Å². The highest BCUT2D eigenvalue weighted by atomic mass is 16.5. The topological polar surface area (TPSA) is 42.4 Å². The Morgan fingerprint density at radius 2 is 1.84 bits per heavy atom. The Bertz CT molecular complexity index is 479. The molecule has 1 aliphatic heterocycles. The van der Waals surface area contributed by atoms with E-state index in [9.17, 15) is 4.79 Å². The zero-order chi connectivity index (χ0) is 14.3. The van der Waals surface area contributed by atoms with E-state index in [0.717, 1.165) is 18.9 Å². The Morgan fingerprint density at radius 1 is 1.26 bits per heavy atom. The minimum Gasteiger partial charge on any atom is -0.366 e. The van der Waals surface area contributed by atoms with Crippen LogP contribution < -0.4 is 4.90 Å². The van der Waals surface area contributed by atoms with Gasteiger partial charge in [0.1, 0.15) is 5.82 Å². The van der Waals surface area contributed by atoms with E-state index in [1.807, 2.05) is 6.07 Å². The van der Waals surface area contributed by atoms with Crippen LogP contribution >= 0.6 is 0 Å². The van der Waals surface area contributed by atoms with Crippen molar-refractivity contribution in [3.8, 4) is 0 Å². The van der Waals surface area contributed by atoms with Crippen LogP contribution in [0, 0.1) is 0 Å². The molecule has 0 amide bonds. The lowest BCUT2D eigenvalue weighted by atomic mass is 9.98. The molecule has 1 saturated heterocycles. The van der Waals surface area contributed by atoms with Crippen molar-refractivity contribution in [3.63, 3.8) is 0 Å². The molecule has 1 aromatic heterocycles. The Labute approximate surface area is 114 Å². The minimum absolute atomic E-state index is 0.0465. The highest BCUT2D eigenvalue weighted by Crippen LogP contribution is 2.31. The van der Waals surface area contributed by atoms with Crippen LogP contribution in [-0.2, 0) is 4.74 Å². The van der Waals surface area contributed by atoms with Gasteiger partial charge in [-0.25, -0.2) is 4.98 Å². The maximum absolute atomic E-state index is 11.7. The first kappa shape index (κ1) is 14.0. The van der Waals surface area contributed by atoms with Crippen molar-refractivity contribution in [2.45, 2.75) is 45.8 Å². The number of nitrogens with zero attached hydrogens (tertiary/aromatic N) is 2. The molecular formula is C15H22N2O2. The van der Waals surface area contributed by atoms with Crippen LogP contribution in [0.3, 0.4) is 0 Å². The number of morpholine rings is 1. The molecule has 1 aliphatic rings. The number of aromatic nitrogens is 1. The molecular weight excluding hydrogens is 240 g/mol. The lowest BCUT2D eigenvalue weighted by molar-refractivity contribution is -0.133. The van der Waals surface area contributed by atoms with E-state index in [0.29, 0.717) is 5.56 Å². The predicted octanol–water partition coefficient (Wildman–Crippen LogP) is 2.68. The number of pyridine rings is 1. The molecule has 0 spiro atoms. The Kier molecular flexibility index (Phi) is 3.39. The summed E-state index contributed by atoms with van der Waals surface area (Å²) in [6.45, 7) is 11.3. The van der Waals surface area contributed by atoms with Gasteiger partial charge in [-0.05, 0) is 46.8 Å². The van der Waals surface area contributed by atoms with E-state index in [-0.39, 0.29) is 17.0 Å². The van der Waals surface area contributed by atoms with Gasteiger partial charge in [-0.3, -0.25) is 4.79 Å². The molecule has 0 N–H and O–H groups in total. The van der Waals surface area contributed by atoms with E-state index >= 15 is 0 Å². The standard InChI is InChI=1S/C15H22N2O2/c1-11(18)12-7-6-8-16-13(12)17-9-14(2,3)19-15(4,5)10-17/h6-8H,9-10H2,1-5H3. The number of hydrogen-bond donors (Lipinski definition) is 0. The van der Waals surface area contributed by atoms with Gasteiger partial charge in [0.25, 0.3) is 0 Å². The van der Waals surface area contributed by atoms with E-state index in [1.165, 1.54) is 0 Å². The van der Waals surface area contributed by atoms with Crippen LogP contribution in [0.5, 0.6) is 0 Å². The average Bonchev–Trinajstić information content (AvgIpc) is 2.24. The van der Waals surface area contributed by atoms with E-state index in [1.54, 1.807) is 19.2 Å². The first-order valence-corrected chi connectivity index (χ1v) is 6.61. The lowest BCUT2D eigenvalue weighted by Gasteiger charge is -2.47. The molecule has 0 atom stereocenters. The van der Waals surface area contributed by atoms with Gasteiger partial charge >= 0.3 is 0 Å². The summed E-state index contributed by atoms with van der Waals surface area (Å²) in [6, 6.07) is 3.64. The van der Waals surface area contributed by atoms with Gasteiger partial charge in [0, 0.05) is 19.3 Å². The van der Waals surface area contributed by atoms with Crippen molar-refractivity contribution >= 4 is 11.6 Å². The fourth-order valence-corrected chi connectivity index (χ4v) is 2.86. The van der Waals surface area contributed by atoms with Gasteiger partial charge in [0.05, 0.1) is 16.8 Å². The quantitative estimate of drug-likeness (QED) is 0.768. The summed E-state index contributed by atoms with van der Waals surface area (Å²) in [4.78, 5) is 18.3. The van der Waals surface area contributed by atoms with Crippen LogP contribution in [0.25, 0.3) is 0 Å². The molecule has 4 heteroatoms. The summed E-state index contributed by atoms with van der Waals surface area (Å²) >= 11 is 0. The normalized spacial score (nSPS) is 21.2. The summed E-state index contributed by atoms with van der Waals surface area (Å²) in [5.41, 5.74) is 0.164. The largest absolute Gasteiger partial charge is 0.366 e. The number of hydrogen-bond acceptors (Lipinski definition) is 4. The van der Waals surface area contributed by atoms with Gasteiger partial charge in [-0.2, -0.15) is 0 Å². The fourth-order valence-electron chi connectivity index (χ4n) is 2.86. The van der Waals surface area contributed by atoms with Gasteiger partial charge in [0.15, 0.2) is 5.78 Å². The summed E-state index contributed by atoms with van der Waals surface area (Å²) in [7, 11) is 0. The zero-order valence-electron chi connectivity index (χ0n) is 12.4. The van der Waals surface area contributed by atoms with E-state index in [4.69, 9.17) is 4.74 Å². The fraction of sp³-hybridized carbons (Fsp3) is 0.600. The second-order valence-electron chi connectivity index (χ2n) is 6.41. The minimum atomic E-state index is -0.257. The number of carbonyl (C=O) groups is 1. The van der Waals surface area contributed by atoms with E-state index < -0.39 is 0 Å². The number of Topliss-reactive ketones (excluding diaryl/α,β-unsaturated/α-hetero) is 1. The Balaban J connectivity index is 2.39. The number of anilines is 1. The molecule has 0 aliphatic carbocycles. The summed E-state index contributed by atoms with van der Waals surface area (Å²) in [5.74, 6) is 0.810. The predicted molar refractivity (Wildman–Crippen MR) is 75.7 cm³/mol. The molecule has 0 radical (unpaired) electrons. The number of rotatable bonds is 2. The van der Waals surface area contributed by atoms with Crippen LogP contribution in [0.15, 0.2) is 18.3 Å². The second kappa shape index (κ2) is 4.60. The molecule has 0 saturated carbocycles. The highest BCUT2D eigenvalue weighted by molar-refractivity contribution is 5.98. The van der Waals surface area contributed by atoms with Crippen LogP contribution in [0.2, 0.25) is 0 Å². The summed E-state index contributed by atoms with van der Waals surface area (Å²) < 4.78 is 6.06. The SMILES string of the molecule is CC(=O)c1cccnc1N1CC(C)(C)OC(C)(C)C1. The number of ether oxygens (including phenoxy) is 1. The van der Waals surface area contributed by atoms with Gasteiger partial charge in [-0.1, -0.05) is 0 Å². The molecule has 19 heavy (non-hydrogen) atoms. The van der Waals surface area contributed by atoms with Crippen molar-refractivity contribution in [1.29, 1.82) is 0 Å². The van der Waals surface area contributed by atoms with Crippen molar-refractivity contribution in [1.82, 2.24) is 4.98 Å². The third-order valence-electron chi connectivity index (χ3n) is 3.16. The highest BCUT2D eigenvalue weighted by Gasteiger charge is 2.39. The van der Waals surface area contributed by atoms with Crippen LogP contribution in [-0.4, -0.2) is 35.1 Å². The molecule has 4 nitrogen and oxygen atoms in total.